The number of nitrogens with zero attached hydrogens (tertiary/aromatic N) is 3. The van der Waals surface area contributed by atoms with E-state index in [1.807, 2.05) is 72.0 Å². The number of aromatic nitrogens is 3. The molecular formula is C52H35N3S. The maximum Gasteiger partial charge on any atom is 0.164 e. The fraction of sp³-hybridized carbons (Fsp3) is 0.0577. The Labute approximate surface area is 329 Å². The maximum absolute atomic E-state index is 5.01. The van der Waals surface area contributed by atoms with Crippen molar-refractivity contribution >= 4 is 42.3 Å². The molecule has 11 rings (SSSR count). The van der Waals surface area contributed by atoms with Crippen LogP contribution in [0, 0.1) is 0 Å². The Morgan fingerprint density at radius 2 is 0.929 bits per heavy atom. The van der Waals surface area contributed by atoms with Crippen LogP contribution in [0.2, 0.25) is 0 Å². The van der Waals surface area contributed by atoms with Crippen LogP contribution in [0.3, 0.4) is 0 Å². The summed E-state index contributed by atoms with van der Waals surface area (Å²) in [6.07, 6.45) is 0. The van der Waals surface area contributed by atoms with Gasteiger partial charge in [-0.25, -0.2) is 15.0 Å². The van der Waals surface area contributed by atoms with Gasteiger partial charge in [0.05, 0.1) is 0 Å². The van der Waals surface area contributed by atoms with Crippen LogP contribution in [-0.2, 0) is 5.41 Å². The summed E-state index contributed by atoms with van der Waals surface area (Å²) in [6.45, 7) is 4.80. The van der Waals surface area contributed by atoms with Crippen LogP contribution in [0.25, 0.3) is 98.5 Å². The van der Waals surface area contributed by atoms with Crippen molar-refractivity contribution in [1.29, 1.82) is 0 Å². The van der Waals surface area contributed by atoms with Gasteiger partial charge in [0, 0.05) is 42.3 Å². The summed E-state index contributed by atoms with van der Waals surface area (Å²) >= 11 is 1.89. The Balaban J connectivity index is 1.08. The molecule has 1 aliphatic carbocycles. The Morgan fingerprint density at radius 3 is 1.64 bits per heavy atom. The van der Waals surface area contributed by atoms with E-state index in [4.69, 9.17) is 15.0 Å². The summed E-state index contributed by atoms with van der Waals surface area (Å²) in [5, 5.41) is 5.37. The quantitative estimate of drug-likeness (QED) is 0.177. The monoisotopic (exact) mass is 733 g/mol. The van der Waals surface area contributed by atoms with Crippen molar-refractivity contribution in [2.45, 2.75) is 19.3 Å². The molecule has 56 heavy (non-hydrogen) atoms. The number of benzene rings is 8. The zero-order chi connectivity index (χ0) is 37.4. The SMILES string of the molecule is CC1(C)c2ccccc2-c2ccc3c(-c4cccc(-c5cccc(-c6nc(-c7ccccc7)nc(-c7ccccc7)n6)c5)c4)cc4sc5ccccc5c4c3c21. The Morgan fingerprint density at radius 1 is 0.375 bits per heavy atom. The lowest BCUT2D eigenvalue weighted by molar-refractivity contribution is 0.666. The summed E-state index contributed by atoms with van der Waals surface area (Å²) in [5.41, 5.74) is 12.9. The number of rotatable bonds is 5. The molecule has 264 valence electrons. The molecule has 0 radical (unpaired) electrons. The summed E-state index contributed by atoms with van der Waals surface area (Å²) in [5.74, 6) is 1.96. The van der Waals surface area contributed by atoms with Gasteiger partial charge in [0.15, 0.2) is 17.5 Å². The molecule has 0 saturated heterocycles. The van der Waals surface area contributed by atoms with Crippen molar-refractivity contribution in [2.75, 3.05) is 0 Å². The summed E-state index contributed by atoms with van der Waals surface area (Å²) in [7, 11) is 0. The van der Waals surface area contributed by atoms with Crippen LogP contribution in [-0.4, -0.2) is 15.0 Å². The Bertz CT molecular complexity index is 3100. The highest BCUT2D eigenvalue weighted by molar-refractivity contribution is 7.26. The molecule has 4 heteroatoms. The van der Waals surface area contributed by atoms with Gasteiger partial charge < -0.3 is 0 Å². The second-order valence-corrected chi connectivity index (χ2v) is 16.3. The summed E-state index contributed by atoms with van der Waals surface area (Å²) in [6, 6.07) is 62.9. The van der Waals surface area contributed by atoms with Gasteiger partial charge in [-0.2, -0.15) is 0 Å². The first-order valence-electron chi connectivity index (χ1n) is 19.1. The third-order valence-electron chi connectivity index (χ3n) is 11.5. The molecule has 2 heterocycles. The number of thiophene rings is 1. The van der Waals surface area contributed by atoms with E-state index in [-0.39, 0.29) is 5.41 Å². The zero-order valence-corrected chi connectivity index (χ0v) is 31.8. The molecular weight excluding hydrogens is 699 g/mol. The van der Waals surface area contributed by atoms with E-state index in [0.29, 0.717) is 17.5 Å². The van der Waals surface area contributed by atoms with Crippen molar-refractivity contribution in [3.8, 4) is 67.5 Å². The van der Waals surface area contributed by atoms with Gasteiger partial charge in [-0.3, -0.25) is 0 Å². The zero-order valence-electron chi connectivity index (χ0n) is 31.0. The molecule has 0 amide bonds. The van der Waals surface area contributed by atoms with Crippen molar-refractivity contribution in [3.63, 3.8) is 0 Å². The fourth-order valence-electron chi connectivity index (χ4n) is 8.87. The van der Waals surface area contributed by atoms with E-state index in [0.717, 1.165) is 27.8 Å². The van der Waals surface area contributed by atoms with E-state index < -0.39 is 0 Å². The van der Waals surface area contributed by atoms with E-state index in [1.165, 1.54) is 64.3 Å². The van der Waals surface area contributed by atoms with E-state index in [9.17, 15) is 0 Å². The largest absolute Gasteiger partial charge is 0.208 e. The fourth-order valence-corrected chi connectivity index (χ4v) is 10.0. The first-order valence-corrected chi connectivity index (χ1v) is 19.9. The average molecular weight is 734 g/mol. The van der Waals surface area contributed by atoms with E-state index in [1.54, 1.807) is 0 Å². The van der Waals surface area contributed by atoms with Crippen molar-refractivity contribution < 1.29 is 0 Å². The molecule has 0 atom stereocenters. The van der Waals surface area contributed by atoms with Crippen LogP contribution in [0.15, 0.2) is 176 Å². The predicted molar refractivity (Wildman–Crippen MR) is 235 cm³/mol. The third-order valence-corrected chi connectivity index (χ3v) is 12.6. The predicted octanol–water partition coefficient (Wildman–Crippen LogP) is 14.0. The number of hydrogen-bond acceptors (Lipinski definition) is 4. The Kier molecular flexibility index (Phi) is 7.38. The molecule has 0 aliphatic heterocycles. The first-order chi connectivity index (χ1) is 27.5. The Hall–Kier alpha value is -6.75. The van der Waals surface area contributed by atoms with Gasteiger partial charge in [-0.1, -0.05) is 166 Å². The maximum atomic E-state index is 5.01. The third kappa shape index (κ3) is 5.14. The second kappa shape index (κ2) is 12.7. The molecule has 2 aromatic heterocycles. The van der Waals surface area contributed by atoms with Crippen molar-refractivity contribution in [2.24, 2.45) is 0 Å². The molecule has 0 N–H and O–H groups in total. The summed E-state index contributed by atoms with van der Waals surface area (Å²) in [4.78, 5) is 14.9. The molecule has 0 fully saturated rings. The molecule has 0 unspecified atom stereocenters. The first kappa shape index (κ1) is 32.7. The molecule has 3 nitrogen and oxygen atoms in total. The highest BCUT2D eigenvalue weighted by atomic mass is 32.1. The van der Waals surface area contributed by atoms with Crippen LogP contribution in [0.5, 0.6) is 0 Å². The smallest absolute Gasteiger partial charge is 0.164 e. The number of fused-ring (bicyclic) bond motifs is 9. The highest BCUT2D eigenvalue weighted by Crippen LogP contribution is 2.55. The topological polar surface area (TPSA) is 38.7 Å². The van der Waals surface area contributed by atoms with Crippen LogP contribution >= 0.6 is 11.3 Å². The van der Waals surface area contributed by atoms with Gasteiger partial charge in [0.25, 0.3) is 0 Å². The van der Waals surface area contributed by atoms with Gasteiger partial charge in [0.2, 0.25) is 0 Å². The molecule has 8 aromatic carbocycles. The summed E-state index contributed by atoms with van der Waals surface area (Å²) < 4.78 is 2.64. The standard InChI is InChI=1S/C52H35N3S/c1-52(2)43-25-11-9-23-38(43)40-28-27-39-42(31-45-46(47(39)48(40)52)41-24-10-12-26-44(41)56-45)36-21-13-19-34(29-36)35-20-14-22-37(30-35)51-54-49(32-15-5-3-6-16-32)53-50(55-51)33-17-7-4-8-18-33/h3-31H,1-2H3. The lowest BCUT2D eigenvalue weighted by Gasteiger charge is -2.24. The van der Waals surface area contributed by atoms with E-state index in [2.05, 4.69) is 129 Å². The molecule has 0 bridgehead atoms. The van der Waals surface area contributed by atoms with Crippen molar-refractivity contribution in [1.82, 2.24) is 15.0 Å². The number of hydrogen-bond donors (Lipinski definition) is 0. The second-order valence-electron chi connectivity index (χ2n) is 15.2. The van der Waals surface area contributed by atoms with Gasteiger partial charge in [-0.15, -0.1) is 11.3 Å². The van der Waals surface area contributed by atoms with Crippen LogP contribution in [0.4, 0.5) is 0 Å². The minimum atomic E-state index is -0.141. The normalized spacial score (nSPS) is 13.0. The van der Waals surface area contributed by atoms with E-state index >= 15 is 0 Å². The van der Waals surface area contributed by atoms with Gasteiger partial charge >= 0.3 is 0 Å². The minimum absolute atomic E-state index is 0.141. The van der Waals surface area contributed by atoms with Crippen molar-refractivity contribution in [3.05, 3.63) is 187 Å². The van der Waals surface area contributed by atoms with Gasteiger partial charge in [0.1, 0.15) is 0 Å². The minimum Gasteiger partial charge on any atom is -0.208 e. The lowest BCUT2D eigenvalue weighted by atomic mass is 9.78. The van der Waals surface area contributed by atoms with Crippen LogP contribution in [0.1, 0.15) is 25.0 Å². The van der Waals surface area contributed by atoms with Gasteiger partial charge in [-0.05, 0) is 79.5 Å². The van der Waals surface area contributed by atoms with Crippen LogP contribution < -0.4 is 0 Å². The highest BCUT2D eigenvalue weighted by Gasteiger charge is 2.37. The molecule has 0 saturated carbocycles. The molecule has 1 aliphatic rings. The lowest BCUT2D eigenvalue weighted by Crippen LogP contribution is -2.15. The average Bonchev–Trinajstić information content (AvgIpc) is 3.75. The molecule has 10 aromatic rings. The molecule has 0 spiro atoms.